The monoisotopic (exact) mass is 285 g/mol. The van der Waals surface area contributed by atoms with Crippen molar-refractivity contribution in [3.8, 4) is 0 Å². The molecule has 1 aliphatic rings. The van der Waals surface area contributed by atoms with E-state index < -0.39 is 5.41 Å². The molecule has 6 nitrogen and oxygen atoms in total. The number of ether oxygens (including phenoxy) is 1. The van der Waals surface area contributed by atoms with Gasteiger partial charge >= 0.3 is 0 Å². The Balaban J connectivity index is 2.40. The molecule has 1 heterocycles. The van der Waals surface area contributed by atoms with E-state index in [1.54, 1.807) is 4.90 Å². The van der Waals surface area contributed by atoms with E-state index >= 15 is 0 Å². The van der Waals surface area contributed by atoms with Gasteiger partial charge in [-0.05, 0) is 26.7 Å². The summed E-state index contributed by atoms with van der Waals surface area (Å²) in [6.07, 6.45) is 1.64. The summed E-state index contributed by atoms with van der Waals surface area (Å²) < 4.78 is 5.28. The molecule has 0 aliphatic carbocycles. The average molecular weight is 285 g/mol. The molecule has 0 saturated carbocycles. The molecule has 20 heavy (non-hydrogen) atoms. The van der Waals surface area contributed by atoms with E-state index in [0.717, 1.165) is 0 Å². The molecule has 1 aliphatic heterocycles. The van der Waals surface area contributed by atoms with Gasteiger partial charge in [0.05, 0.1) is 5.41 Å². The van der Waals surface area contributed by atoms with Gasteiger partial charge in [0.1, 0.15) is 0 Å². The van der Waals surface area contributed by atoms with Gasteiger partial charge < -0.3 is 20.7 Å². The number of rotatable bonds is 7. The molecule has 0 unspecified atom stereocenters. The molecule has 0 aromatic rings. The van der Waals surface area contributed by atoms with E-state index in [2.05, 4.69) is 5.32 Å². The molecule has 0 bridgehead atoms. The zero-order valence-electron chi connectivity index (χ0n) is 12.6. The predicted octanol–water partition coefficient (Wildman–Crippen LogP) is 0.117. The van der Waals surface area contributed by atoms with Crippen molar-refractivity contribution in [1.29, 1.82) is 0 Å². The molecule has 0 aromatic heterocycles. The fourth-order valence-corrected chi connectivity index (χ4v) is 2.49. The molecular formula is C14H27N3O3. The van der Waals surface area contributed by atoms with Crippen LogP contribution in [0.3, 0.4) is 0 Å². The first-order valence-electron chi connectivity index (χ1n) is 7.43. The van der Waals surface area contributed by atoms with Crippen LogP contribution >= 0.6 is 0 Å². The Bertz CT molecular complexity index is 324. The second-order valence-corrected chi connectivity index (χ2v) is 5.17. The maximum absolute atomic E-state index is 12.3. The molecule has 0 atom stereocenters. The van der Waals surface area contributed by atoms with E-state index in [4.69, 9.17) is 10.5 Å². The lowest BCUT2D eigenvalue weighted by Crippen LogP contribution is -2.49. The van der Waals surface area contributed by atoms with Crippen LogP contribution in [-0.2, 0) is 14.3 Å². The van der Waals surface area contributed by atoms with Crippen molar-refractivity contribution in [2.45, 2.75) is 33.1 Å². The summed E-state index contributed by atoms with van der Waals surface area (Å²) in [7, 11) is 0. The van der Waals surface area contributed by atoms with Gasteiger partial charge in [-0.15, -0.1) is 0 Å². The van der Waals surface area contributed by atoms with Gasteiger partial charge in [-0.1, -0.05) is 0 Å². The summed E-state index contributed by atoms with van der Waals surface area (Å²) in [6.45, 7) is 7.15. The first-order valence-corrected chi connectivity index (χ1v) is 7.43. The van der Waals surface area contributed by atoms with Crippen molar-refractivity contribution in [3.63, 3.8) is 0 Å². The van der Waals surface area contributed by atoms with Crippen LogP contribution in [0.5, 0.6) is 0 Å². The molecule has 1 fully saturated rings. The Labute approximate surface area is 121 Å². The van der Waals surface area contributed by atoms with Crippen molar-refractivity contribution in [3.05, 3.63) is 0 Å². The molecule has 0 spiro atoms. The van der Waals surface area contributed by atoms with Gasteiger partial charge in [-0.25, -0.2) is 0 Å². The minimum absolute atomic E-state index is 0.0457. The Morgan fingerprint density at radius 1 is 1.25 bits per heavy atom. The number of nitrogens with one attached hydrogen (secondary N) is 1. The minimum Gasteiger partial charge on any atom is -0.381 e. The minimum atomic E-state index is -0.517. The van der Waals surface area contributed by atoms with Crippen LogP contribution in [0.25, 0.3) is 0 Å². The summed E-state index contributed by atoms with van der Waals surface area (Å²) in [5.41, 5.74) is 5.25. The summed E-state index contributed by atoms with van der Waals surface area (Å²) in [5, 5.41) is 2.86. The Hall–Kier alpha value is -1.14. The maximum atomic E-state index is 12.3. The third-order valence-electron chi connectivity index (χ3n) is 4.06. The summed E-state index contributed by atoms with van der Waals surface area (Å²) >= 11 is 0. The van der Waals surface area contributed by atoms with E-state index in [-0.39, 0.29) is 11.8 Å². The number of carbonyl (C=O) groups is 2. The van der Waals surface area contributed by atoms with Crippen molar-refractivity contribution < 1.29 is 14.3 Å². The smallest absolute Gasteiger partial charge is 0.227 e. The zero-order chi connectivity index (χ0) is 15.0. The van der Waals surface area contributed by atoms with E-state index in [1.807, 2.05) is 13.8 Å². The second kappa shape index (κ2) is 8.21. The number of amides is 2. The summed E-state index contributed by atoms with van der Waals surface area (Å²) in [6, 6.07) is 0. The molecule has 3 N–H and O–H groups in total. The molecular weight excluding hydrogens is 258 g/mol. The van der Waals surface area contributed by atoms with Crippen LogP contribution in [0.4, 0.5) is 0 Å². The van der Waals surface area contributed by atoms with Crippen molar-refractivity contribution in [2.24, 2.45) is 11.1 Å². The second-order valence-electron chi connectivity index (χ2n) is 5.17. The highest BCUT2D eigenvalue weighted by molar-refractivity contribution is 5.84. The van der Waals surface area contributed by atoms with Gasteiger partial charge in [0.2, 0.25) is 11.8 Å². The molecule has 6 heteroatoms. The van der Waals surface area contributed by atoms with Crippen LogP contribution in [-0.4, -0.2) is 56.1 Å². The molecule has 1 saturated heterocycles. The van der Waals surface area contributed by atoms with Crippen LogP contribution in [0.2, 0.25) is 0 Å². The molecule has 116 valence electrons. The Morgan fingerprint density at radius 2 is 1.85 bits per heavy atom. The van der Waals surface area contributed by atoms with Crippen LogP contribution < -0.4 is 11.1 Å². The fourth-order valence-electron chi connectivity index (χ4n) is 2.49. The predicted molar refractivity (Wildman–Crippen MR) is 77.1 cm³/mol. The lowest BCUT2D eigenvalue weighted by molar-refractivity contribution is -0.136. The lowest BCUT2D eigenvalue weighted by Gasteiger charge is -2.34. The van der Waals surface area contributed by atoms with E-state index in [0.29, 0.717) is 58.7 Å². The quantitative estimate of drug-likeness (QED) is 0.695. The first-order chi connectivity index (χ1) is 9.59. The average Bonchev–Trinajstić information content (AvgIpc) is 2.49. The lowest BCUT2D eigenvalue weighted by atomic mass is 9.79. The van der Waals surface area contributed by atoms with E-state index in [9.17, 15) is 9.59 Å². The number of nitrogens with two attached hydrogens (primary N) is 1. The first kappa shape index (κ1) is 16.9. The molecule has 1 rings (SSSR count). The van der Waals surface area contributed by atoms with Crippen molar-refractivity contribution in [1.82, 2.24) is 10.2 Å². The highest BCUT2D eigenvalue weighted by Gasteiger charge is 2.38. The number of hydrogen-bond acceptors (Lipinski definition) is 4. The third-order valence-corrected chi connectivity index (χ3v) is 4.06. The number of carbonyl (C=O) groups excluding carboxylic acids is 2. The standard InChI is InChI=1S/C14H27N3O3/c1-3-17(4-2)12(18)5-8-16-13(19)14(11-15)6-9-20-10-7-14/h3-11,15H2,1-2H3,(H,16,19). The van der Waals surface area contributed by atoms with Crippen LogP contribution in [0, 0.1) is 5.41 Å². The van der Waals surface area contributed by atoms with Crippen LogP contribution in [0.15, 0.2) is 0 Å². The fraction of sp³-hybridized carbons (Fsp3) is 0.857. The summed E-state index contributed by atoms with van der Waals surface area (Å²) in [4.78, 5) is 25.9. The number of hydrogen-bond donors (Lipinski definition) is 2. The topological polar surface area (TPSA) is 84.7 Å². The van der Waals surface area contributed by atoms with Gasteiger partial charge in [0.15, 0.2) is 0 Å². The highest BCUT2D eigenvalue weighted by Crippen LogP contribution is 2.29. The molecule has 2 amide bonds. The third kappa shape index (κ3) is 4.18. The summed E-state index contributed by atoms with van der Waals surface area (Å²) in [5.74, 6) is 0.0275. The van der Waals surface area contributed by atoms with Gasteiger partial charge in [0, 0.05) is 45.8 Å². The highest BCUT2D eigenvalue weighted by atomic mass is 16.5. The van der Waals surface area contributed by atoms with Crippen molar-refractivity contribution in [2.75, 3.05) is 39.4 Å². The van der Waals surface area contributed by atoms with Gasteiger partial charge in [-0.2, -0.15) is 0 Å². The van der Waals surface area contributed by atoms with Gasteiger partial charge in [-0.3, -0.25) is 9.59 Å². The van der Waals surface area contributed by atoms with Crippen LogP contribution in [0.1, 0.15) is 33.1 Å². The van der Waals surface area contributed by atoms with Crippen molar-refractivity contribution >= 4 is 11.8 Å². The Kier molecular flexibility index (Phi) is 6.95. The SMILES string of the molecule is CCN(CC)C(=O)CCNC(=O)C1(CN)CCOCC1. The normalized spacial score (nSPS) is 17.6. The Morgan fingerprint density at radius 3 is 2.35 bits per heavy atom. The largest absolute Gasteiger partial charge is 0.381 e. The zero-order valence-corrected chi connectivity index (χ0v) is 12.6. The molecule has 0 radical (unpaired) electrons. The molecule has 0 aromatic carbocycles. The van der Waals surface area contributed by atoms with E-state index in [1.165, 1.54) is 0 Å². The maximum Gasteiger partial charge on any atom is 0.227 e. The number of nitrogens with zero attached hydrogens (tertiary/aromatic N) is 1. The van der Waals surface area contributed by atoms with Gasteiger partial charge in [0.25, 0.3) is 0 Å².